The summed E-state index contributed by atoms with van der Waals surface area (Å²) in [6, 6.07) is 1.54. The lowest BCUT2D eigenvalue weighted by Gasteiger charge is -2.11. The number of hydrogen-bond donors (Lipinski definition) is 2. The first-order chi connectivity index (χ1) is 7.26. The van der Waals surface area contributed by atoms with Gasteiger partial charge < -0.3 is 10.2 Å². The second-order valence-electron chi connectivity index (χ2n) is 2.84. The highest BCUT2D eigenvalue weighted by molar-refractivity contribution is 5.77. The zero-order valence-electron chi connectivity index (χ0n) is 7.55. The number of carboxylic acid groups (broad SMARTS) is 1. The molecular formula is C8H5F2NO5. The summed E-state index contributed by atoms with van der Waals surface area (Å²) in [4.78, 5) is 19.5. The molecule has 1 aromatic carbocycles. The number of halogens is 2. The van der Waals surface area contributed by atoms with Crippen molar-refractivity contribution in [2.45, 2.75) is 5.92 Å². The Kier molecular flexibility index (Phi) is 2.75. The Morgan fingerprint density at radius 1 is 1.44 bits per heavy atom. The van der Waals surface area contributed by atoms with Crippen molar-refractivity contribution >= 4 is 11.7 Å². The van der Waals surface area contributed by atoms with Crippen LogP contribution in [0.15, 0.2) is 18.2 Å². The number of alkyl halides is 2. The van der Waals surface area contributed by atoms with Crippen molar-refractivity contribution in [3.63, 3.8) is 0 Å². The first-order valence-electron chi connectivity index (χ1n) is 3.86. The molecule has 86 valence electrons. The van der Waals surface area contributed by atoms with Crippen molar-refractivity contribution in [1.82, 2.24) is 0 Å². The topological polar surface area (TPSA) is 101 Å². The molecule has 6 nitrogen and oxygen atoms in total. The molecule has 1 rings (SSSR count). The van der Waals surface area contributed by atoms with E-state index in [1.165, 1.54) is 0 Å². The average Bonchev–Trinajstić information content (AvgIpc) is 2.16. The Bertz CT molecular complexity index is 460. The molecular weight excluding hydrogens is 228 g/mol. The molecule has 0 aromatic heterocycles. The summed E-state index contributed by atoms with van der Waals surface area (Å²) in [6.45, 7) is 0. The minimum Gasteiger partial charge on any atom is -0.502 e. The van der Waals surface area contributed by atoms with E-state index in [-0.39, 0.29) is 0 Å². The van der Waals surface area contributed by atoms with E-state index >= 15 is 0 Å². The minimum absolute atomic E-state index is 0.353. The molecule has 0 aliphatic heterocycles. The van der Waals surface area contributed by atoms with Crippen LogP contribution in [0.1, 0.15) is 5.56 Å². The fourth-order valence-electron chi connectivity index (χ4n) is 0.997. The van der Waals surface area contributed by atoms with Crippen LogP contribution >= 0.6 is 0 Å². The first kappa shape index (κ1) is 11.8. The van der Waals surface area contributed by atoms with Gasteiger partial charge in [-0.25, -0.2) is 4.79 Å². The number of carbonyl (C=O) groups is 1. The van der Waals surface area contributed by atoms with E-state index in [1.807, 2.05) is 0 Å². The fourth-order valence-corrected chi connectivity index (χ4v) is 0.997. The van der Waals surface area contributed by atoms with Gasteiger partial charge in [0.05, 0.1) is 4.92 Å². The van der Waals surface area contributed by atoms with Gasteiger partial charge in [-0.2, -0.15) is 8.78 Å². The quantitative estimate of drug-likeness (QED) is 0.608. The van der Waals surface area contributed by atoms with Crippen molar-refractivity contribution in [2.75, 3.05) is 0 Å². The largest absolute Gasteiger partial charge is 0.502 e. The molecule has 0 unspecified atom stereocenters. The summed E-state index contributed by atoms with van der Waals surface area (Å²) in [7, 11) is 0. The number of phenols is 1. The molecule has 0 atom stereocenters. The number of hydrogen-bond acceptors (Lipinski definition) is 4. The Balaban J connectivity index is 3.26. The van der Waals surface area contributed by atoms with Gasteiger partial charge in [0, 0.05) is 11.6 Å². The van der Waals surface area contributed by atoms with E-state index in [9.17, 15) is 23.7 Å². The van der Waals surface area contributed by atoms with E-state index in [0.29, 0.717) is 18.2 Å². The summed E-state index contributed by atoms with van der Waals surface area (Å²) in [5.74, 6) is -7.61. The van der Waals surface area contributed by atoms with Crippen molar-refractivity contribution in [2.24, 2.45) is 0 Å². The van der Waals surface area contributed by atoms with Crippen LogP contribution in [0.25, 0.3) is 0 Å². The van der Waals surface area contributed by atoms with Gasteiger partial charge in [0.15, 0.2) is 5.75 Å². The van der Waals surface area contributed by atoms with Crippen LogP contribution in [0.5, 0.6) is 5.75 Å². The van der Waals surface area contributed by atoms with Crippen LogP contribution in [0.3, 0.4) is 0 Å². The number of nitro benzene ring substituents is 1. The maximum absolute atomic E-state index is 12.9. The normalized spacial score (nSPS) is 11.1. The van der Waals surface area contributed by atoms with Crippen LogP contribution in [-0.2, 0) is 10.7 Å². The predicted octanol–water partition coefficient (Wildman–Crippen LogP) is 1.48. The standard InChI is InChI=1S/C8H5F2NO5/c9-8(10,7(13)14)4-1-2-5(11(15)16)6(12)3-4/h1-3,12H,(H,13,14). The Morgan fingerprint density at radius 2 is 2.00 bits per heavy atom. The number of aromatic hydroxyl groups is 1. The minimum atomic E-state index is -4.20. The number of rotatable bonds is 3. The molecule has 2 N–H and O–H groups in total. The molecule has 0 bridgehead atoms. The number of phenolic OH excluding ortho intramolecular Hbond substituents is 1. The molecule has 8 heteroatoms. The lowest BCUT2D eigenvalue weighted by atomic mass is 10.1. The number of nitro groups is 1. The maximum atomic E-state index is 12.9. The molecule has 16 heavy (non-hydrogen) atoms. The predicted molar refractivity (Wildman–Crippen MR) is 46.3 cm³/mol. The molecule has 0 fully saturated rings. The van der Waals surface area contributed by atoms with E-state index in [2.05, 4.69) is 0 Å². The van der Waals surface area contributed by atoms with Gasteiger partial charge in [-0.05, 0) is 12.1 Å². The second-order valence-corrected chi connectivity index (χ2v) is 2.84. The third kappa shape index (κ3) is 1.90. The molecule has 0 saturated carbocycles. The molecule has 0 radical (unpaired) electrons. The van der Waals surface area contributed by atoms with Crippen LogP contribution in [0.2, 0.25) is 0 Å². The maximum Gasteiger partial charge on any atom is 0.379 e. The molecule has 0 saturated heterocycles. The van der Waals surface area contributed by atoms with Crippen molar-refractivity contribution in [1.29, 1.82) is 0 Å². The Morgan fingerprint density at radius 3 is 2.38 bits per heavy atom. The van der Waals surface area contributed by atoms with Gasteiger partial charge in [0.1, 0.15) is 0 Å². The fraction of sp³-hybridized carbons (Fsp3) is 0.125. The third-order valence-electron chi connectivity index (χ3n) is 1.80. The van der Waals surface area contributed by atoms with Gasteiger partial charge in [-0.3, -0.25) is 10.1 Å². The lowest BCUT2D eigenvalue weighted by Crippen LogP contribution is -2.25. The van der Waals surface area contributed by atoms with Crippen molar-refractivity contribution in [3.05, 3.63) is 33.9 Å². The monoisotopic (exact) mass is 233 g/mol. The summed E-state index contributed by atoms with van der Waals surface area (Å²) in [5, 5.41) is 27.5. The molecule has 0 aliphatic rings. The third-order valence-corrected chi connectivity index (χ3v) is 1.80. The average molecular weight is 233 g/mol. The van der Waals surface area contributed by atoms with Gasteiger partial charge in [-0.1, -0.05) is 0 Å². The van der Waals surface area contributed by atoms with Gasteiger partial charge in [0.25, 0.3) is 0 Å². The summed E-state index contributed by atoms with van der Waals surface area (Å²) < 4.78 is 25.8. The molecule has 1 aromatic rings. The molecule has 0 spiro atoms. The number of aliphatic carboxylic acids is 1. The highest BCUT2D eigenvalue weighted by Gasteiger charge is 2.41. The summed E-state index contributed by atoms with van der Waals surface area (Å²) in [5.41, 5.74) is -1.80. The number of carboxylic acids is 1. The molecule has 0 heterocycles. The molecule has 0 aliphatic carbocycles. The van der Waals surface area contributed by atoms with E-state index in [0.717, 1.165) is 0 Å². The summed E-state index contributed by atoms with van der Waals surface area (Å²) >= 11 is 0. The van der Waals surface area contributed by atoms with E-state index < -0.39 is 33.8 Å². The molecule has 0 amide bonds. The van der Waals surface area contributed by atoms with Crippen LogP contribution in [0, 0.1) is 10.1 Å². The van der Waals surface area contributed by atoms with Crippen LogP contribution in [0.4, 0.5) is 14.5 Å². The second kappa shape index (κ2) is 3.72. The SMILES string of the molecule is O=C(O)C(F)(F)c1ccc([N+](=O)[O-])c(O)c1. The number of benzene rings is 1. The zero-order chi connectivity index (χ0) is 12.5. The van der Waals surface area contributed by atoms with Crippen molar-refractivity contribution < 1.29 is 28.7 Å². The van der Waals surface area contributed by atoms with Crippen LogP contribution in [-0.4, -0.2) is 21.1 Å². The van der Waals surface area contributed by atoms with Crippen molar-refractivity contribution in [3.8, 4) is 5.75 Å². The van der Waals surface area contributed by atoms with E-state index in [1.54, 1.807) is 0 Å². The Hall–Kier alpha value is -2.25. The van der Waals surface area contributed by atoms with Gasteiger partial charge in [-0.15, -0.1) is 0 Å². The van der Waals surface area contributed by atoms with E-state index in [4.69, 9.17) is 10.2 Å². The lowest BCUT2D eigenvalue weighted by molar-refractivity contribution is -0.385. The summed E-state index contributed by atoms with van der Waals surface area (Å²) in [6.07, 6.45) is 0. The highest BCUT2D eigenvalue weighted by Crippen LogP contribution is 2.34. The van der Waals surface area contributed by atoms with Crippen LogP contribution < -0.4 is 0 Å². The first-order valence-corrected chi connectivity index (χ1v) is 3.86. The van der Waals surface area contributed by atoms with Gasteiger partial charge >= 0.3 is 17.6 Å². The smallest absolute Gasteiger partial charge is 0.379 e. The van der Waals surface area contributed by atoms with Gasteiger partial charge in [0.2, 0.25) is 0 Å². The number of nitrogens with zero attached hydrogens (tertiary/aromatic N) is 1. The zero-order valence-corrected chi connectivity index (χ0v) is 7.55. The Labute approximate surface area is 86.9 Å². The highest BCUT2D eigenvalue weighted by atomic mass is 19.3.